The second kappa shape index (κ2) is 7.80. The Kier molecular flexibility index (Phi) is 5.54. The summed E-state index contributed by atoms with van der Waals surface area (Å²) in [6.45, 7) is 0.650. The molecule has 1 aromatic rings. The number of carbonyl (C=O) groups is 2. The maximum Gasteiger partial charge on any atom is 0.306 e. The first-order chi connectivity index (χ1) is 11.5. The lowest BCUT2D eigenvalue weighted by atomic mass is 9.97. The van der Waals surface area contributed by atoms with Gasteiger partial charge in [0.1, 0.15) is 11.6 Å². The Balaban J connectivity index is 1.99. The fourth-order valence-electron chi connectivity index (χ4n) is 2.44. The number of carboxylic acids is 1. The Labute approximate surface area is 139 Å². The molecule has 0 unspecified atom stereocenters. The van der Waals surface area contributed by atoms with E-state index in [1.807, 2.05) is 12.1 Å². The lowest BCUT2D eigenvalue weighted by Crippen LogP contribution is -2.40. The first-order valence-corrected chi connectivity index (χ1v) is 7.44. The van der Waals surface area contributed by atoms with Crippen molar-refractivity contribution in [2.45, 2.75) is 12.8 Å². The molecule has 0 aromatic heterocycles. The number of amides is 1. The highest BCUT2D eigenvalue weighted by Gasteiger charge is 2.28. The Morgan fingerprint density at radius 1 is 1.21 bits per heavy atom. The third kappa shape index (κ3) is 4.11. The predicted octanol–water partition coefficient (Wildman–Crippen LogP) is 1.70. The van der Waals surface area contributed by atoms with Crippen molar-refractivity contribution in [2.24, 2.45) is 5.92 Å². The summed E-state index contributed by atoms with van der Waals surface area (Å²) >= 11 is 0. The Morgan fingerprint density at radius 3 is 2.33 bits per heavy atom. The van der Waals surface area contributed by atoms with Gasteiger partial charge in [-0.1, -0.05) is 0 Å². The van der Waals surface area contributed by atoms with Crippen LogP contribution in [0.1, 0.15) is 18.4 Å². The maximum absolute atomic E-state index is 12.3. The number of nitriles is 2. The van der Waals surface area contributed by atoms with Gasteiger partial charge in [-0.15, -0.1) is 0 Å². The van der Waals surface area contributed by atoms with Crippen molar-refractivity contribution in [2.75, 3.05) is 18.4 Å². The van der Waals surface area contributed by atoms with Crippen LogP contribution in [0.25, 0.3) is 0 Å². The number of likely N-dealkylation sites (tertiary alicyclic amines) is 1. The summed E-state index contributed by atoms with van der Waals surface area (Å²) in [7, 11) is 0. The molecular formula is C17H16N4O3. The fourth-order valence-corrected chi connectivity index (χ4v) is 2.44. The summed E-state index contributed by atoms with van der Waals surface area (Å²) in [6.07, 6.45) is 2.11. The van der Waals surface area contributed by atoms with E-state index in [0.29, 0.717) is 37.2 Å². The molecule has 1 saturated heterocycles. The van der Waals surface area contributed by atoms with Crippen molar-refractivity contribution >= 4 is 17.6 Å². The number of benzene rings is 1. The summed E-state index contributed by atoms with van der Waals surface area (Å²) in [5.74, 6) is -1.69. The number of piperidine rings is 1. The van der Waals surface area contributed by atoms with E-state index in [0.717, 1.165) is 0 Å². The largest absolute Gasteiger partial charge is 0.481 e. The summed E-state index contributed by atoms with van der Waals surface area (Å²) in [5.41, 5.74) is 1.12. The van der Waals surface area contributed by atoms with Crippen molar-refractivity contribution in [1.29, 1.82) is 10.5 Å². The minimum Gasteiger partial charge on any atom is -0.481 e. The van der Waals surface area contributed by atoms with Gasteiger partial charge in [0.2, 0.25) is 0 Å². The highest BCUT2D eigenvalue weighted by Crippen LogP contribution is 2.19. The molecule has 2 rings (SSSR count). The Morgan fingerprint density at radius 2 is 1.83 bits per heavy atom. The van der Waals surface area contributed by atoms with Crippen LogP contribution in [0.3, 0.4) is 0 Å². The lowest BCUT2D eigenvalue weighted by molar-refractivity contribution is -0.145. The number of nitrogens with one attached hydrogen (secondary N) is 1. The SMILES string of the molecule is N#C/C(=C/Nc1ccc(C#N)cc1)C(=O)N1CCC(C(=O)O)CC1. The summed E-state index contributed by atoms with van der Waals surface area (Å²) in [4.78, 5) is 24.8. The zero-order valence-electron chi connectivity index (χ0n) is 12.9. The van der Waals surface area contributed by atoms with Crippen LogP contribution >= 0.6 is 0 Å². The van der Waals surface area contributed by atoms with Gasteiger partial charge >= 0.3 is 5.97 Å². The molecule has 0 aliphatic carbocycles. The molecule has 1 aromatic carbocycles. The topological polar surface area (TPSA) is 117 Å². The van der Waals surface area contributed by atoms with Gasteiger partial charge in [0.25, 0.3) is 5.91 Å². The quantitative estimate of drug-likeness (QED) is 0.643. The van der Waals surface area contributed by atoms with Crippen molar-refractivity contribution in [3.05, 3.63) is 41.6 Å². The van der Waals surface area contributed by atoms with Crippen LogP contribution in [0.4, 0.5) is 5.69 Å². The molecule has 0 atom stereocenters. The maximum atomic E-state index is 12.3. The molecular weight excluding hydrogens is 308 g/mol. The van der Waals surface area contributed by atoms with Crippen LogP contribution in [-0.4, -0.2) is 35.0 Å². The second-order valence-electron chi connectivity index (χ2n) is 5.41. The number of hydrogen-bond acceptors (Lipinski definition) is 5. The van der Waals surface area contributed by atoms with Crippen molar-refractivity contribution < 1.29 is 14.7 Å². The standard InChI is InChI=1S/C17H16N4O3/c18-9-12-1-3-15(4-2-12)20-11-14(10-19)16(22)21-7-5-13(6-8-21)17(23)24/h1-4,11,13,20H,5-8H2,(H,23,24)/b14-11-. The molecule has 0 radical (unpaired) electrons. The normalized spacial score (nSPS) is 15.2. The third-order valence-electron chi connectivity index (χ3n) is 3.88. The number of rotatable bonds is 4. The first kappa shape index (κ1) is 17.0. The second-order valence-corrected chi connectivity index (χ2v) is 5.41. The number of carboxylic acid groups (broad SMARTS) is 1. The van der Waals surface area contributed by atoms with E-state index in [-0.39, 0.29) is 5.57 Å². The van der Waals surface area contributed by atoms with Gasteiger partial charge in [-0.25, -0.2) is 0 Å². The van der Waals surface area contributed by atoms with Crippen molar-refractivity contribution in [3.63, 3.8) is 0 Å². The number of aliphatic carboxylic acids is 1. The van der Waals surface area contributed by atoms with Gasteiger partial charge in [0.05, 0.1) is 17.6 Å². The van der Waals surface area contributed by atoms with E-state index in [1.165, 1.54) is 11.1 Å². The average molecular weight is 324 g/mol. The molecule has 1 amide bonds. The zero-order chi connectivity index (χ0) is 17.5. The van der Waals surface area contributed by atoms with Gasteiger partial charge < -0.3 is 15.3 Å². The third-order valence-corrected chi connectivity index (χ3v) is 3.88. The molecule has 7 nitrogen and oxygen atoms in total. The number of anilines is 1. The van der Waals surface area contributed by atoms with E-state index in [2.05, 4.69) is 5.32 Å². The molecule has 122 valence electrons. The Hall–Kier alpha value is -3.32. The van der Waals surface area contributed by atoms with Gasteiger partial charge in [0.15, 0.2) is 0 Å². The Bertz CT molecular complexity index is 733. The monoisotopic (exact) mass is 324 g/mol. The summed E-state index contributed by atoms with van der Waals surface area (Å²) in [6, 6.07) is 10.5. The molecule has 0 bridgehead atoms. The highest BCUT2D eigenvalue weighted by molar-refractivity contribution is 5.97. The van der Waals surface area contributed by atoms with E-state index in [4.69, 9.17) is 10.4 Å². The lowest BCUT2D eigenvalue weighted by Gasteiger charge is -2.29. The molecule has 2 N–H and O–H groups in total. The summed E-state index contributed by atoms with van der Waals surface area (Å²) < 4.78 is 0. The minimum atomic E-state index is -0.847. The molecule has 1 fully saturated rings. The average Bonchev–Trinajstić information content (AvgIpc) is 2.62. The molecule has 1 aliphatic rings. The number of nitrogens with zero attached hydrogens (tertiary/aromatic N) is 3. The molecule has 0 spiro atoms. The van der Waals surface area contributed by atoms with Crippen LogP contribution in [0.15, 0.2) is 36.0 Å². The number of hydrogen-bond donors (Lipinski definition) is 2. The van der Waals surface area contributed by atoms with E-state index >= 15 is 0 Å². The predicted molar refractivity (Wildman–Crippen MR) is 85.4 cm³/mol. The van der Waals surface area contributed by atoms with E-state index in [1.54, 1.807) is 24.3 Å². The first-order valence-electron chi connectivity index (χ1n) is 7.44. The van der Waals surface area contributed by atoms with E-state index < -0.39 is 17.8 Å². The molecule has 1 aliphatic heterocycles. The van der Waals surface area contributed by atoms with Crippen LogP contribution in [0.5, 0.6) is 0 Å². The van der Waals surface area contributed by atoms with Crippen molar-refractivity contribution in [3.8, 4) is 12.1 Å². The van der Waals surface area contributed by atoms with Crippen LogP contribution in [-0.2, 0) is 9.59 Å². The van der Waals surface area contributed by atoms with Gasteiger partial charge in [-0.3, -0.25) is 9.59 Å². The minimum absolute atomic E-state index is 0.0480. The van der Waals surface area contributed by atoms with Crippen molar-refractivity contribution in [1.82, 2.24) is 4.90 Å². The van der Waals surface area contributed by atoms with Crippen LogP contribution in [0, 0.1) is 28.6 Å². The molecule has 0 saturated carbocycles. The van der Waals surface area contributed by atoms with Crippen LogP contribution < -0.4 is 5.32 Å². The molecule has 24 heavy (non-hydrogen) atoms. The summed E-state index contributed by atoms with van der Waals surface area (Å²) in [5, 5.41) is 29.8. The van der Waals surface area contributed by atoms with Gasteiger partial charge in [-0.05, 0) is 37.1 Å². The highest BCUT2D eigenvalue weighted by atomic mass is 16.4. The van der Waals surface area contributed by atoms with Crippen LogP contribution in [0.2, 0.25) is 0 Å². The van der Waals surface area contributed by atoms with Gasteiger partial charge in [0, 0.05) is 25.0 Å². The smallest absolute Gasteiger partial charge is 0.306 e. The zero-order valence-corrected chi connectivity index (χ0v) is 12.9. The molecule has 7 heteroatoms. The van der Waals surface area contributed by atoms with E-state index in [9.17, 15) is 14.9 Å². The van der Waals surface area contributed by atoms with Gasteiger partial charge in [-0.2, -0.15) is 10.5 Å². The number of carbonyl (C=O) groups excluding carboxylic acids is 1. The fraction of sp³-hybridized carbons (Fsp3) is 0.294. The molecule has 1 heterocycles.